The van der Waals surface area contributed by atoms with Gasteiger partial charge in [-0.1, -0.05) is 164 Å². The maximum absolute atomic E-state index is 2.75. The Labute approximate surface area is 386 Å². The van der Waals surface area contributed by atoms with Gasteiger partial charge in [-0.2, -0.15) is 0 Å². The lowest BCUT2D eigenvalue weighted by Crippen LogP contribution is -2.62. The summed E-state index contributed by atoms with van der Waals surface area (Å²) in [6, 6.07) is 41.2. The van der Waals surface area contributed by atoms with Crippen molar-refractivity contribution in [2.24, 2.45) is 0 Å². The third-order valence-corrected chi connectivity index (χ3v) is 16.2. The molecule has 0 saturated heterocycles. The number of anilines is 6. The summed E-state index contributed by atoms with van der Waals surface area (Å²) in [6.07, 6.45) is 3.52. The first kappa shape index (κ1) is 42.9. The van der Waals surface area contributed by atoms with E-state index < -0.39 is 0 Å². The summed E-state index contributed by atoms with van der Waals surface area (Å²) in [5, 5.41) is 0. The highest BCUT2D eigenvalue weighted by molar-refractivity contribution is 7.00. The molecule has 4 aliphatic rings. The highest BCUT2D eigenvalue weighted by Crippen LogP contribution is 2.55. The van der Waals surface area contributed by atoms with E-state index in [0.717, 1.165) is 6.42 Å². The fourth-order valence-electron chi connectivity index (χ4n) is 12.5. The third-order valence-electron chi connectivity index (χ3n) is 16.2. The van der Waals surface area contributed by atoms with Gasteiger partial charge in [-0.15, -0.1) is 0 Å². The fourth-order valence-corrected chi connectivity index (χ4v) is 12.5. The van der Waals surface area contributed by atoms with Crippen molar-refractivity contribution >= 4 is 57.2 Å². The van der Waals surface area contributed by atoms with E-state index in [0.29, 0.717) is 0 Å². The van der Waals surface area contributed by atoms with Gasteiger partial charge in [0.15, 0.2) is 0 Å². The standard InChI is InChI=1S/C61H71BN2/c1-37-22-23-40(39-20-18-17-19-21-39)29-50(37)63-49-25-24-41(56(3,4)5)30-47(49)62-48-33-44-46(61(15,16)36-60(44,13)14)35-52(48)64(54-32-42(57(6,7)8)31-53(63)55(54)62)51-34-45-43(28-38(51)2)58(9,10)26-27-59(45,11)12/h17-25,28-35H,26-27,36H2,1-16H3. The van der Waals surface area contributed by atoms with E-state index in [2.05, 4.69) is 224 Å². The highest BCUT2D eigenvalue weighted by atomic mass is 15.2. The van der Waals surface area contributed by atoms with E-state index in [4.69, 9.17) is 0 Å². The second kappa shape index (κ2) is 13.8. The number of nitrogens with zero attached hydrogens (tertiary/aromatic N) is 2. The van der Waals surface area contributed by atoms with Crippen LogP contribution in [0.3, 0.4) is 0 Å². The van der Waals surface area contributed by atoms with E-state index in [1.54, 1.807) is 0 Å². The van der Waals surface area contributed by atoms with Crippen LogP contribution in [0.25, 0.3) is 11.1 Å². The molecule has 3 heteroatoms. The number of benzene rings is 6. The first-order chi connectivity index (χ1) is 29.8. The molecular formula is C61H71BN2. The summed E-state index contributed by atoms with van der Waals surface area (Å²) in [6.45, 7) is 38.8. The van der Waals surface area contributed by atoms with Crippen LogP contribution >= 0.6 is 0 Å². The zero-order chi connectivity index (χ0) is 45.8. The van der Waals surface area contributed by atoms with Crippen molar-refractivity contribution in [1.29, 1.82) is 0 Å². The highest BCUT2D eigenvalue weighted by Gasteiger charge is 2.49. The molecule has 0 atom stereocenters. The summed E-state index contributed by atoms with van der Waals surface area (Å²) < 4.78 is 0. The van der Waals surface area contributed by atoms with Crippen molar-refractivity contribution in [2.75, 3.05) is 9.80 Å². The topological polar surface area (TPSA) is 6.48 Å². The molecule has 0 amide bonds. The monoisotopic (exact) mass is 843 g/mol. The second-order valence-electron chi connectivity index (χ2n) is 25.0. The van der Waals surface area contributed by atoms with Crippen LogP contribution in [-0.2, 0) is 32.5 Å². The van der Waals surface area contributed by atoms with E-state index in [1.807, 2.05) is 0 Å². The Bertz CT molecular complexity index is 2910. The van der Waals surface area contributed by atoms with Gasteiger partial charge in [0, 0.05) is 34.1 Å². The van der Waals surface area contributed by atoms with Crippen LogP contribution in [0.15, 0.2) is 103 Å². The van der Waals surface area contributed by atoms with E-state index in [1.165, 1.54) is 119 Å². The Kier molecular flexibility index (Phi) is 9.22. The average Bonchev–Trinajstić information content (AvgIpc) is 3.40. The van der Waals surface area contributed by atoms with Gasteiger partial charge in [0.05, 0.1) is 0 Å². The number of rotatable bonds is 3. The largest absolute Gasteiger partial charge is 0.311 e. The Balaban J connectivity index is 1.37. The van der Waals surface area contributed by atoms with Gasteiger partial charge in [-0.25, -0.2) is 0 Å². The average molecular weight is 843 g/mol. The van der Waals surface area contributed by atoms with Crippen LogP contribution in [0.5, 0.6) is 0 Å². The summed E-state index contributed by atoms with van der Waals surface area (Å²) in [7, 11) is 0. The third kappa shape index (κ3) is 6.48. The van der Waals surface area contributed by atoms with Gasteiger partial charge in [0.25, 0.3) is 6.71 Å². The van der Waals surface area contributed by atoms with Crippen molar-refractivity contribution in [3.63, 3.8) is 0 Å². The van der Waals surface area contributed by atoms with E-state index in [-0.39, 0.29) is 39.2 Å². The lowest BCUT2D eigenvalue weighted by Gasteiger charge is -2.47. The number of aryl methyl sites for hydroxylation is 2. The van der Waals surface area contributed by atoms with Crippen LogP contribution in [0.4, 0.5) is 34.1 Å². The molecule has 2 nitrogen and oxygen atoms in total. The molecule has 2 heterocycles. The van der Waals surface area contributed by atoms with Crippen LogP contribution in [0.1, 0.15) is 161 Å². The minimum atomic E-state index is -0.100. The van der Waals surface area contributed by atoms with Gasteiger partial charge in [-0.05, 0) is 174 Å². The van der Waals surface area contributed by atoms with Crippen molar-refractivity contribution in [3.05, 3.63) is 148 Å². The molecule has 64 heavy (non-hydrogen) atoms. The van der Waals surface area contributed by atoms with Gasteiger partial charge in [0.1, 0.15) is 0 Å². The molecule has 6 aromatic carbocycles. The first-order valence-electron chi connectivity index (χ1n) is 24.2. The molecule has 328 valence electrons. The number of hydrogen-bond donors (Lipinski definition) is 0. The molecule has 0 bridgehead atoms. The molecule has 0 radical (unpaired) electrons. The molecule has 0 unspecified atom stereocenters. The summed E-state index contributed by atoms with van der Waals surface area (Å²) in [4.78, 5) is 5.40. The summed E-state index contributed by atoms with van der Waals surface area (Å²) in [5.74, 6) is 0. The number of fused-ring (bicyclic) bond motifs is 6. The van der Waals surface area contributed by atoms with Gasteiger partial charge in [-0.3, -0.25) is 0 Å². The molecule has 0 N–H and O–H groups in total. The fraction of sp³-hybridized carbons (Fsp3) is 0.410. The molecule has 2 aliphatic carbocycles. The Morgan fingerprint density at radius 3 is 1.55 bits per heavy atom. The van der Waals surface area contributed by atoms with Gasteiger partial charge >= 0.3 is 0 Å². The summed E-state index contributed by atoms with van der Waals surface area (Å²) in [5.41, 5.74) is 26.1. The predicted molar refractivity (Wildman–Crippen MR) is 279 cm³/mol. The first-order valence-corrected chi connectivity index (χ1v) is 24.2. The summed E-state index contributed by atoms with van der Waals surface area (Å²) >= 11 is 0. The lowest BCUT2D eigenvalue weighted by molar-refractivity contribution is 0.332. The van der Waals surface area contributed by atoms with E-state index >= 15 is 0 Å². The van der Waals surface area contributed by atoms with Gasteiger partial charge in [0.2, 0.25) is 0 Å². The maximum atomic E-state index is 2.75. The second-order valence-corrected chi connectivity index (χ2v) is 25.0. The van der Waals surface area contributed by atoms with Crippen molar-refractivity contribution in [2.45, 2.75) is 163 Å². The quantitative estimate of drug-likeness (QED) is 0.164. The molecule has 0 spiro atoms. The van der Waals surface area contributed by atoms with Crippen LogP contribution in [-0.4, -0.2) is 6.71 Å². The van der Waals surface area contributed by atoms with Crippen molar-refractivity contribution < 1.29 is 0 Å². The van der Waals surface area contributed by atoms with E-state index in [9.17, 15) is 0 Å². The minimum Gasteiger partial charge on any atom is -0.311 e. The number of hydrogen-bond acceptors (Lipinski definition) is 2. The van der Waals surface area contributed by atoms with Gasteiger partial charge < -0.3 is 9.80 Å². The van der Waals surface area contributed by atoms with Crippen molar-refractivity contribution in [3.8, 4) is 11.1 Å². The van der Waals surface area contributed by atoms with Crippen LogP contribution in [0.2, 0.25) is 0 Å². The molecule has 0 saturated carbocycles. The molecule has 6 aromatic rings. The Morgan fingerprint density at radius 2 is 0.938 bits per heavy atom. The van der Waals surface area contributed by atoms with Crippen LogP contribution in [0, 0.1) is 13.8 Å². The zero-order valence-corrected chi connectivity index (χ0v) is 41.9. The molecule has 0 fully saturated rings. The van der Waals surface area contributed by atoms with Crippen LogP contribution < -0.4 is 26.2 Å². The molecular weight excluding hydrogens is 771 g/mol. The normalized spacial score (nSPS) is 18.5. The molecule has 0 aromatic heterocycles. The predicted octanol–water partition coefficient (Wildman–Crippen LogP) is 15.0. The van der Waals surface area contributed by atoms with Crippen molar-refractivity contribution in [1.82, 2.24) is 0 Å². The smallest absolute Gasteiger partial charge is 0.252 e. The molecule has 10 rings (SSSR count). The lowest BCUT2D eigenvalue weighted by atomic mass is 9.33. The SMILES string of the molecule is Cc1ccc(-c2ccccc2)cc1N1c2ccc(C(C)(C)C)cc2B2c3cc4c(cc3N(c3cc5c(cc3C)C(C)(C)CCC5(C)C)c3cc(C(C)(C)C)cc1c32)C(C)(C)CC4(C)C. The maximum Gasteiger partial charge on any atom is 0.252 e. The minimum absolute atomic E-state index is 0.0174. The Hall–Kier alpha value is -5.02. The molecule has 2 aliphatic heterocycles. The Morgan fingerprint density at radius 1 is 0.422 bits per heavy atom. The zero-order valence-electron chi connectivity index (χ0n) is 41.9.